The van der Waals surface area contributed by atoms with E-state index in [0.29, 0.717) is 17.8 Å². The number of benzene rings is 1. The van der Waals surface area contributed by atoms with E-state index in [2.05, 4.69) is 11.9 Å². The Hall–Kier alpha value is -1.77. The molecule has 1 aromatic carbocycles. The van der Waals surface area contributed by atoms with Gasteiger partial charge in [-0.15, -0.1) is 0 Å². The summed E-state index contributed by atoms with van der Waals surface area (Å²) in [5, 5.41) is 2.79. The molecule has 1 aromatic rings. The number of nitrogens with one attached hydrogen (secondary N) is 1. The van der Waals surface area contributed by atoms with Gasteiger partial charge in [-0.05, 0) is 38.0 Å². The summed E-state index contributed by atoms with van der Waals surface area (Å²) in [6, 6.07) is 3.64. The van der Waals surface area contributed by atoms with Gasteiger partial charge in [-0.2, -0.15) is 0 Å². The summed E-state index contributed by atoms with van der Waals surface area (Å²) in [4.78, 5) is 11.8. The maximum Gasteiger partial charge on any atom is 0.251 e. The number of nitrogen functional groups attached to an aromatic ring is 1. The van der Waals surface area contributed by atoms with Crippen LogP contribution in [0.15, 0.2) is 24.3 Å². The van der Waals surface area contributed by atoms with Crippen molar-refractivity contribution in [1.29, 1.82) is 0 Å². The lowest BCUT2D eigenvalue weighted by Crippen LogP contribution is -2.25. The zero-order valence-corrected chi connectivity index (χ0v) is 10.1. The molecular formula is C13H18N2O. The molecule has 0 heterocycles. The summed E-state index contributed by atoms with van der Waals surface area (Å²) in [7, 11) is 0. The molecule has 0 unspecified atom stereocenters. The van der Waals surface area contributed by atoms with E-state index in [-0.39, 0.29) is 5.91 Å². The third kappa shape index (κ3) is 2.86. The number of carbonyl (C=O) groups excluding carboxylic acids is 1. The molecule has 3 N–H and O–H groups in total. The largest absolute Gasteiger partial charge is 0.398 e. The third-order valence-electron chi connectivity index (χ3n) is 2.41. The SMILES string of the molecule is C=C(C)CNC(=O)c1cc(N)c(C)cc1C. The Labute approximate surface area is 96.3 Å². The van der Waals surface area contributed by atoms with Gasteiger partial charge in [0, 0.05) is 17.8 Å². The molecule has 0 aliphatic heterocycles. The molecule has 0 spiro atoms. The van der Waals surface area contributed by atoms with Crippen molar-refractivity contribution in [2.24, 2.45) is 0 Å². The molecule has 0 fully saturated rings. The highest BCUT2D eigenvalue weighted by molar-refractivity contribution is 5.96. The van der Waals surface area contributed by atoms with Gasteiger partial charge in [0.2, 0.25) is 0 Å². The Kier molecular flexibility index (Phi) is 3.72. The van der Waals surface area contributed by atoms with Gasteiger partial charge >= 0.3 is 0 Å². The van der Waals surface area contributed by atoms with Gasteiger partial charge in [-0.25, -0.2) is 0 Å². The van der Waals surface area contributed by atoms with E-state index in [1.807, 2.05) is 26.8 Å². The van der Waals surface area contributed by atoms with Gasteiger partial charge in [0.1, 0.15) is 0 Å². The fourth-order valence-corrected chi connectivity index (χ4v) is 1.44. The van der Waals surface area contributed by atoms with E-state index < -0.39 is 0 Å². The van der Waals surface area contributed by atoms with Crippen molar-refractivity contribution >= 4 is 11.6 Å². The van der Waals surface area contributed by atoms with Crippen LogP contribution in [0, 0.1) is 13.8 Å². The first kappa shape index (κ1) is 12.3. The molecule has 0 atom stereocenters. The predicted octanol–water partition coefficient (Wildman–Crippen LogP) is 2.19. The van der Waals surface area contributed by atoms with Gasteiger partial charge in [-0.1, -0.05) is 18.2 Å². The lowest BCUT2D eigenvalue weighted by molar-refractivity contribution is 0.0956. The molecular weight excluding hydrogens is 200 g/mol. The van der Waals surface area contributed by atoms with Crippen LogP contribution in [0.2, 0.25) is 0 Å². The normalized spacial score (nSPS) is 9.94. The molecule has 86 valence electrons. The average Bonchev–Trinajstić information content (AvgIpc) is 2.20. The van der Waals surface area contributed by atoms with Crippen molar-refractivity contribution in [3.05, 3.63) is 41.0 Å². The maximum atomic E-state index is 11.8. The second-order valence-corrected chi connectivity index (χ2v) is 4.16. The van der Waals surface area contributed by atoms with E-state index in [0.717, 1.165) is 16.7 Å². The first-order valence-electron chi connectivity index (χ1n) is 5.21. The molecule has 1 rings (SSSR count). The van der Waals surface area contributed by atoms with Crippen LogP contribution in [0.25, 0.3) is 0 Å². The van der Waals surface area contributed by atoms with E-state index in [1.165, 1.54) is 0 Å². The Morgan fingerprint density at radius 2 is 2.00 bits per heavy atom. The molecule has 0 aliphatic rings. The van der Waals surface area contributed by atoms with E-state index >= 15 is 0 Å². The highest BCUT2D eigenvalue weighted by Gasteiger charge is 2.10. The second-order valence-electron chi connectivity index (χ2n) is 4.16. The summed E-state index contributed by atoms with van der Waals surface area (Å²) in [5.41, 5.74) is 9.91. The molecule has 0 saturated carbocycles. The topological polar surface area (TPSA) is 55.1 Å². The standard InChI is InChI=1S/C13H18N2O/c1-8(2)7-15-13(16)11-6-12(14)10(4)5-9(11)3/h5-6H,1,7,14H2,2-4H3,(H,15,16). The second kappa shape index (κ2) is 4.84. The van der Waals surface area contributed by atoms with Crippen molar-refractivity contribution in [2.75, 3.05) is 12.3 Å². The van der Waals surface area contributed by atoms with Gasteiger partial charge in [0.05, 0.1) is 0 Å². The fraction of sp³-hybridized carbons (Fsp3) is 0.308. The lowest BCUT2D eigenvalue weighted by atomic mass is 10.0. The number of rotatable bonds is 3. The van der Waals surface area contributed by atoms with Crippen LogP contribution in [-0.4, -0.2) is 12.5 Å². The van der Waals surface area contributed by atoms with Crippen LogP contribution >= 0.6 is 0 Å². The van der Waals surface area contributed by atoms with Crippen molar-refractivity contribution in [3.63, 3.8) is 0 Å². The van der Waals surface area contributed by atoms with E-state index in [9.17, 15) is 4.79 Å². The van der Waals surface area contributed by atoms with Crippen molar-refractivity contribution < 1.29 is 4.79 Å². The minimum atomic E-state index is -0.104. The molecule has 3 heteroatoms. The Balaban J connectivity index is 2.91. The number of aryl methyl sites for hydroxylation is 2. The summed E-state index contributed by atoms with van der Waals surface area (Å²) >= 11 is 0. The van der Waals surface area contributed by atoms with Gasteiger partial charge in [0.25, 0.3) is 5.91 Å². The van der Waals surface area contributed by atoms with Crippen LogP contribution in [0.5, 0.6) is 0 Å². The van der Waals surface area contributed by atoms with Crippen molar-refractivity contribution in [2.45, 2.75) is 20.8 Å². The lowest BCUT2D eigenvalue weighted by Gasteiger charge is -2.10. The summed E-state index contributed by atoms with van der Waals surface area (Å²) in [6.45, 7) is 9.93. The van der Waals surface area contributed by atoms with Crippen LogP contribution in [0.1, 0.15) is 28.4 Å². The van der Waals surface area contributed by atoms with Crippen molar-refractivity contribution in [1.82, 2.24) is 5.32 Å². The molecule has 16 heavy (non-hydrogen) atoms. The van der Waals surface area contributed by atoms with Crippen LogP contribution < -0.4 is 11.1 Å². The number of hydrogen-bond acceptors (Lipinski definition) is 2. The van der Waals surface area contributed by atoms with Gasteiger partial charge in [0.15, 0.2) is 0 Å². The predicted molar refractivity (Wildman–Crippen MR) is 67.5 cm³/mol. The number of nitrogens with two attached hydrogens (primary N) is 1. The molecule has 0 aliphatic carbocycles. The van der Waals surface area contributed by atoms with Gasteiger partial charge < -0.3 is 11.1 Å². The molecule has 3 nitrogen and oxygen atoms in total. The van der Waals surface area contributed by atoms with E-state index in [1.54, 1.807) is 6.07 Å². The number of amides is 1. The third-order valence-corrected chi connectivity index (χ3v) is 2.41. The van der Waals surface area contributed by atoms with Gasteiger partial charge in [-0.3, -0.25) is 4.79 Å². The zero-order chi connectivity index (χ0) is 12.3. The number of hydrogen-bond donors (Lipinski definition) is 2. The monoisotopic (exact) mass is 218 g/mol. The minimum Gasteiger partial charge on any atom is -0.398 e. The Morgan fingerprint density at radius 3 is 2.56 bits per heavy atom. The Morgan fingerprint density at radius 1 is 1.38 bits per heavy atom. The van der Waals surface area contributed by atoms with Crippen LogP contribution in [0.3, 0.4) is 0 Å². The molecule has 0 saturated heterocycles. The number of anilines is 1. The quantitative estimate of drug-likeness (QED) is 0.603. The summed E-state index contributed by atoms with van der Waals surface area (Å²) in [6.07, 6.45) is 0. The summed E-state index contributed by atoms with van der Waals surface area (Å²) < 4.78 is 0. The molecule has 0 aromatic heterocycles. The summed E-state index contributed by atoms with van der Waals surface area (Å²) in [5.74, 6) is -0.104. The molecule has 0 bridgehead atoms. The minimum absolute atomic E-state index is 0.104. The first-order chi connectivity index (χ1) is 7.41. The van der Waals surface area contributed by atoms with Crippen LogP contribution in [-0.2, 0) is 0 Å². The zero-order valence-electron chi connectivity index (χ0n) is 10.1. The maximum absolute atomic E-state index is 11.8. The first-order valence-corrected chi connectivity index (χ1v) is 5.21. The smallest absolute Gasteiger partial charge is 0.251 e. The van der Waals surface area contributed by atoms with E-state index in [4.69, 9.17) is 5.73 Å². The molecule has 1 amide bonds. The molecule has 0 radical (unpaired) electrons. The highest BCUT2D eigenvalue weighted by Crippen LogP contribution is 2.17. The van der Waals surface area contributed by atoms with Crippen LogP contribution in [0.4, 0.5) is 5.69 Å². The number of carbonyl (C=O) groups is 1. The highest BCUT2D eigenvalue weighted by atomic mass is 16.1. The van der Waals surface area contributed by atoms with Crippen molar-refractivity contribution in [3.8, 4) is 0 Å². The average molecular weight is 218 g/mol. The Bertz CT molecular complexity index is 436. The fourth-order valence-electron chi connectivity index (χ4n) is 1.44.